The highest BCUT2D eigenvalue weighted by Crippen LogP contribution is 2.14. The average Bonchev–Trinajstić information content (AvgIpc) is 2.58. The number of esters is 1. The minimum atomic E-state index is -1.37. The van der Waals surface area contributed by atoms with Gasteiger partial charge in [-0.15, -0.1) is 0 Å². The number of hydrogen-bond donors (Lipinski definition) is 3. The van der Waals surface area contributed by atoms with Crippen molar-refractivity contribution in [3.05, 3.63) is 11.9 Å². The zero-order valence-electron chi connectivity index (χ0n) is 16.0. The van der Waals surface area contributed by atoms with E-state index in [9.17, 15) is 4.79 Å². The van der Waals surface area contributed by atoms with Crippen LogP contribution < -0.4 is 0 Å². The number of rotatable bonds is 17. The molecule has 5 nitrogen and oxygen atoms in total. The highest BCUT2D eigenvalue weighted by atomic mass is 16.6. The van der Waals surface area contributed by atoms with Crippen molar-refractivity contribution in [3.63, 3.8) is 0 Å². The highest BCUT2D eigenvalue weighted by Gasteiger charge is 2.10. The Morgan fingerprint density at radius 2 is 1.00 bits per heavy atom. The molecular weight excluding hydrogens is 320 g/mol. The van der Waals surface area contributed by atoms with Crippen LogP contribution >= 0.6 is 0 Å². The second-order valence-corrected chi connectivity index (χ2v) is 6.80. The number of aliphatic hydroxyl groups excluding tert-OH is 2. The van der Waals surface area contributed by atoms with Crippen molar-refractivity contribution in [2.75, 3.05) is 0 Å². The molecule has 25 heavy (non-hydrogen) atoms. The Hall–Kier alpha value is -1.39. The smallest absolute Gasteiger partial charge is 0.369 e. The van der Waals surface area contributed by atoms with E-state index in [4.69, 9.17) is 15.3 Å². The third kappa shape index (κ3) is 17.2. The van der Waals surface area contributed by atoms with Crippen LogP contribution in [0.5, 0.6) is 0 Å². The van der Waals surface area contributed by atoms with E-state index in [2.05, 4.69) is 11.7 Å². The van der Waals surface area contributed by atoms with Crippen molar-refractivity contribution in [2.45, 2.75) is 110 Å². The molecular formula is C20H38O5. The third-order valence-corrected chi connectivity index (χ3v) is 4.39. The molecule has 0 aliphatic carbocycles. The van der Waals surface area contributed by atoms with Gasteiger partial charge in [0, 0.05) is 6.42 Å². The summed E-state index contributed by atoms with van der Waals surface area (Å²) in [6.45, 7) is 2.25. The van der Waals surface area contributed by atoms with Crippen LogP contribution in [-0.4, -0.2) is 21.3 Å². The largest absolute Gasteiger partial charge is 0.476 e. The van der Waals surface area contributed by atoms with Crippen LogP contribution in [-0.2, 0) is 9.53 Å². The quantitative estimate of drug-likeness (QED) is 0.155. The second kappa shape index (κ2) is 17.4. The summed E-state index contributed by atoms with van der Waals surface area (Å²) in [5.41, 5.74) is 0. The molecule has 0 aromatic rings. The van der Waals surface area contributed by atoms with Crippen molar-refractivity contribution in [1.82, 2.24) is 0 Å². The minimum Gasteiger partial charge on any atom is -0.476 e. The second-order valence-electron chi connectivity index (χ2n) is 6.80. The zero-order chi connectivity index (χ0) is 18.8. The summed E-state index contributed by atoms with van der Waals surface area (Å²) >= 11 is 0. The van der Waals surface area contributed by atoms with Crippen LogP contribution in [0.15, 0.2) is 11.9 Å². The summed E-state index contributed by atoms with van der Waals surface area (Å²) in [6, 6.07) is 0. The maximum absolute atomic E-state index is 11.3. The standard InChI is InChI=1S/C20H38O5/c1-2-3-4-5-6-7-8-9-10-11-12-13-14-15-16-17-18(21)25-20(24)19(22)23/h22-24H,2-17H2,1H3. The van der Waals surface area contributed by atoms with Crippen molar-refractivity contribution in [3.8, 4) is 0 Å². The predicted octanol–water partition coefficient (Wildman–Crippen LogP) is 6.59. The molecule has 0 bridgehead atoms. The third-order valence-electron chi connectivity index (χ3n) is 4.39. The number of unbranched alkanes of at least 4 members (excludes halogenated alkanes) is 14. The molecule has 0 radical (unpaired) electrons. The van der Waals surface area contributed by atoms with Gasteiger partial charge in [-0.05, 0) is 6.42 Å². The molecule has 0 aliphatic heterocycles. The molecule has 0 atom stereocenters. The van der Waals surface area contributed by atoms with Gasteiger partial charge in [-0.1, -0.05) is 96.8 Å². The SMILES string of the molecule is CCCCCCCCCCCCCCCCCC(=O)OC(O)=C(O)O. The topological polar surface area (TPSA) is 87.0 Å². The van der Waals surface area contributed by atoms with Gasteiger partial charge in [-0.2, -0.15) is 0 Å². The molecule has 3 N–H and O–H groups in total. The summed E-state index contributed by atoms with van der Waals surface area (Å²) in [5, 5.41) is 25.8. The van der Waals surface area contributed by atoms with Crippen molar-refractivity contribution in [1.29, 1.82) is 0 Å². The van der Waals surface area contributed by atoms with Gasteiger partial charge < -0.3 is 20.1 Å². The summed E-state index contributed by atoms with van der Waals surface area (Å²) < 4.78 is 4.33. The molecule has 0 rings (SSSR count). The molecule has 148 valence electrons. The molecule has 0 aliphatic rings. The number of carbonyl (C=O) groups excluding carboxylic acids is 1. The molecule has 5 heteroatoms. The zero-order valence-corrected chi connectivity index (χ0v) is 16.0. The lowest BCUT2D eigenvalue weighted by Gasteiger charge is -2.04. The summed E-state index contributed by atoms with van der Waals surface area (Å²) in [6.07, 6.45) is 19.0. The number of ether oxygens (including phenoxy) is 1. The van der Waals surface area contributed by atoms with E-state index >= 15 is 0 Å². The average molecular weight is 359 g/mol. The Morgan fingerprint density at radius 1 is 0.640 bits per heavy atom. The monoisotopic (exact) mass is 358 g/mol. The van der Waals surface area contributed by atoms with E-state index in [1.54, 1.807) is 0 Å². The van der Waals surface area contributed by atoms with Crippen LogP contribution in [0.2, 0.25) is 0 Å². The van der Waals surface area contributed by atoms with Gasteiger partial charge in [0.2, 0.25) is 0 Å². The lowest BCUT2D eigenvalue weighted by atomic mass is 10.0. The Balaban J connectivity index is 3.21. The van der Waals surface area contributed by atoms with E-state index < -0.39 is 17.9 Å². The van der Waals surface area contributed by atoms with Crippen molar-refractivity contribution in [2.24, 2.45) is 0 Å². The van der Waals surface area contributed by atoms with Gasteiger partial charge >= 0.3 is 17.9 Å². The maximum Gasteiger partial charge on any atom is 0.369 e. The molecule has 0 saturated heterocycles. The van der Waals surface area contributed by atoms with Gasteiger partial charge in [-0.25, -0.2) is 0 Å². The van der Waals surface area contributed by atoms with E-state index in [1.165, 1.54) is 77.0 Å². The fourth-order valence-corrected chi connectivity index (χ4v) is 2.85. The first kappa shape index (κ1) is 23.6. The highest BCUT2D eigenvalue weighted by molar-refractivity contribution is 5.70. The molecule has 0 fully saturated rings. The van der Waals surface area contributed by atoms with Crippen LogP contribution in [0, 0.1) is 0 Å². The van der Waals surface area contributed by atoms with Crippen molar-refractivity contribution >= 4 is 5.97 Å². The van der Waals surface area contributed by atoms with Gasteiger partial charge in [0.15, 0.2) is 0 Å². The molecule has 0 amide bonds. The molecule has 0 heterocycles. The Morgan fingerprint density at radius 3 is 1.36 bits per heavy atom. The van der Waals surface area contributed by atoms with E-state index in [-0.39, 0.29) is 6.42 Å². The van der Waals surface area contributed by atoms with E-state index in [1.807, 2.05) is 0 Å². The molecule has 0 saturated carbocycles. The fourth-order valence-electron chi connectivity index (χ4n) is 2.85. The maximum atomic E-state index is 11.3. The molecule has 0 aromatic carbocycles. The molecule has 0 aromatic heterocycles. The summed E-state index contributed by atoms with van der Waals surface area (Å²) in [5.74, 6) is -3.15. The van der Waals surface area contributed by atoms with Crippen LogP contribution in [0.4, 0.5) is 0 Å². The first-order valence-corrected chi connectivity index (χ1v) is 10.1. The van der Waals surface area contributed by atoms with Gasteiger partial charge in [0.1, 0.15) is 0 Å². The molecule has 0 spiro atoms. The van der Waals surface area contributed by atoms with E-state index in [0.29, 0.717) is 6.42 Å². The van der Waals surface area contributed by atoms with Gasteiger partial charge in [-0.3, -0.25) is 4.79 Å². The normalized spacial score (nSPS) is 10.6. The van der Waals surface area contributed by atoms with Crippen LogP contribution in [0.3, 0.4) is 0 Å². The minimum absolute atomic E-state index is 0.176. The molecule has 0 unspecified atom stereocenters. The lowest BCUT2D eigenvalue weighted by molar-refractivity contribution is -0.145. The Labute approximate surface area is 153 Å². The predicted molar refractivity (Wildman–Crippen MR) is 101 cm³/mol. The van der Waals surface area contributed by atoms with Gasteiger partial charge in [0.25, 0.3) is 0 Å². The Bertz CT molecular complexity index is 348. The number of aliphatic hydroxyl groups is 3. The first-order valence-electron chi connectivity index (χ1n) is 10.1. The van der Waals surface area contributed by atoms with Gasteiger partial charge in [0.05, 0.1) is 0 Å². The Kier molecular flexibility index (Phi) is 16.5. The summed E-state index contributed by atoms with van der Waals surface area (Å²) in [4.78, 5) is 11.3. The van der Waals surface area contributed by atoms with E-state index in [0.717, 1.165) is 12.8 Å². The van der Waals surface area contributed by atoms with Crippen molar-refractivity contribution < 1.29 is 24.9 Å². The van der Waals surface area contributed by atoms with Crippen LogP contribution in [0.1, 0.15) is 110 Å². The number of hydrogen-bond acceptors (Lipinski definition) is 5. The number of carbonyl (C=O) groups is 1. The van der Waals surface area contributed by atoms with Crippen LogP contribution in [0.25, 0.3) is 0 Å². The first-order chi connectivity index (χ1) is 12.1. The summed E-state index contributed by atoms with van der Waals surface area (Å²) in [7, 11) is 0. The lowest BCUT2D eigenvalue weighted by Crippen LogP contribution is -2.06. The fraction of sp³-hybridized carbons (Fsp3) is 0.850.